The molecule has 0 fully saturated rings. The van der Waals surface area contributed by atoms with Gasteiger partial charge in [-0.2, -0.15) is 0 Å². The molecule has 0 aliphatic heterocycles. The van der Waals surface area contributed by atoms with Crippen LogP contribution in [-0.4, -0.2) is 30.1 Å². The third kappa shape index (κ3) is 5.35. The predicted molar refractivity (Wildman–Crippen MR) is 38.9 cm³/mol. The molecule has 11 heavy (non-hydrogen) atoms. The number of primary amides is 1. The number of carbonyl (C=O) groups excluding carboxylic acids is 1. The zero-order chi connectivity index (χ0) is 8.85. The van der Waals surface area contributed by atoms with Gasteiger partial charge in [0.15, 0.2) is 0 Å². The van der Waals surface area contributed by atoms with Crippen molar-refractivity contribution in [1.29, 1.82) is 0 Å². The third-order valence-electron chi connectivity index (χ3n) is 1.28. The minimum atomic E-state index is -0.939. The number of rotatable bonds is 5. The van der Waals surface area contributed by atoms with Crippen molar-refractivity contribution in [3.8, 4) is 0 Å². The van der Waals surface area contributed by atoms with Gasteiger partial charge in [0.05, 0.1) is 6.42 Å². The molecule has 0 aliphatic rings. The Balaban J connectivity index is 3.76. The fourth-order valence-electron chi connectivity index (χ4n) is 0.730. The molecular weight excluding hydrogens is 148 g/mol. The van der Waals surface area contributed by atoms with Crippen LogP contribution < -0.4 is 11.1 Å². The van der Waals surface area contributed by atoms with Gasteiger partial charge in [-0.1, -0.05) is 0 Å². The minimum Gasteiger partial charge on any atom is -0.481 e. The highest BCUT2D eigenvalue weighted by molar-refractivity contribution is 5.76. The van der Waals surface area contributed by atoms with E-state index in [-0.39, 0.29) is 18.9 Å². The Morgan fingerprint density at radius 1 is 1.55 bits per heavy atom. The number of hydrogen-bond donors (Lipinski definition) is 3. The summed E-state index contributed by atoms with van der Waals surface area (Å²) in [6.45, 7) is 0. The molecule has 0 bridgehead atoms. The molecule has 4 N–H and O–H groups in total. The summed E-state index contributed by atoms with van der Waals surface area (Å²) >= 11 is 0. The summed E-state index contributed by atoms with van der Waals surface area (Å²) in [5, 5.41) is 11.0. The van der Waals surface area contributed by atoms with Crippen molar-refractivity contribution >= 4 is 11.9 Å². The second-order valence-electron chi connectivity index (χ2n) is 2.25. The van der Waals surface area contributed by atoms with Crippen LogP contribution in [0.25, 0.3) is 0 Å². The maximum atomic E-state index is 10.3. The molecule has 0 aromatic rings. The van der Waals surface area contributed by atoms with Gasteiger partial charge in [0.2, 0.25) is 5.91 Å². The molecule has 0 saturated carbocycles. The lowest BCUT2D eigenvalue weighted by Gasteiger charge is -2.10. The van der Waals surface area contributed by atoms with E-state index in [1.54, 1.807) is 7.05 Å². The number of nitrogens with two attached hydrogens (primary N) is 1. The van der Waals surface area contributed by atoms with Crippen LogP contribution in [0.2, 0.25) is 0 Å². The van der Waals surface area contributed by atoms with Crippen LogP contribution >= 0.6 is 0 Å². The van der Waals surface area contributed by atoms with Crippen molar-refractivity contribution in [1.82, 2.24) is 5.32 Å². The quantitative estimate of drug-likeness (QED) is 0.477. The lowest BCUT2D eigenvalue weighted by Crippen LogP contribution is -2.32. The Bertz CT molecular complexity index is 142. The van der Waals surface area contributed by atoms with Crippen molar-refractivity contribution in [3.05, 3.63) is 0 Å². The summed E-state index contributed by atoms with van der Waals surface area (Å²) in [5.74, 6) is -1.43. The van der Waals surface area contributed by atoms with Gasteiger partial charge in [-0.3, -0.25) is 9.59 Å². The largest absolute Gasteiger partial charge is 0.481 e. The van der Waals surface area contributed by atoms with E-state index < -0.39 is 11.9 Å². The van der Waals surface area contributed by atoms with E-state index in [0.717, 1.165) is 0 Å². The number of hydrogen-bond acceptors (Lipinski definition) is 3. The molecule has 5 heteroatoms. The highest BCUT2D eigenvalue weighted by Crippen LogP contribution is 1.95. The van der Waals surface area contributed by atoms with Crippen molar-refractivity contribution in [2.24, 2.45) is 5.73 Å². The van der Waals surface area contributed by atoms with Crippen LogP contribution in [0.1, 0.15) is 12.8 Å². The van der Waals surface area contributed by atoms with E-state index in [1.165, 1.54) is 0 Å². The fraction of sp³-hybridized carbons (Fsp3) is 0.667. The van der Waals surface area contributed by atoms with Crippen LogP contribution in [0.3, 0.4) is 0 Å². The van der Waals surface area contributed by atoms with Gasteiger partial charge in [0.1, 0.15) is 0 Å². The van der Waals surface area contributed by atoms with E-state index in [9.17, 15) is 9.59 Å². The van der Waals surface area contributed by atoms with E-state index in [4.69, 9.17) is 10.8 Å². The second kappa shape index (κ2) is 4.68. The van der Waals surface area contributed by atoms with Gasteiger partial charge in [-0.25, -0.2) is 0 Å². The predicted octanol–water partition coefficient (Wildman–Crippen LogP) is -1.08. The first-order valence-electron chi connectivity index (χ1n) is 3.23. The normalized spacial score (nSPS) is 12.5. The number of amides is 1. The number of nitrogens with one attached hydrogen (secondary N) is 1. The van der Waals surface area contributed by atoms with Gasteiger partial charge in [0.25, 0.3) is 0 Å². The van der Waals surface area contributed by atoms with Crippen molar-refractivity contribution in [2.75, 3.05) is 7.05 Å². The van der Waals surface area contributed by atoms with Crippen molar-refractivity contribution < 1.29 is 14.7 Å². The molecule has 1 amide bonds. The van der Waals surface area contributed by atoms with Crippen LogP contribution in [0.4, 0.5) is 0 Å². The first-order valence-corrected chi connectivity index (χ1v) is 3.23. The molecule has 0 spiro atoms. The molecule has 0 radical (unpaired) electrons. The first kappa shape index (κ1) is 9.90. The maximum absolute atomic E-state index is 10.3. The molecule has 0 aliphatic carbocycles. The molecular formula is C6H12N2O3. The molecule has 5 nitrogen and oxygen atoms in total. The van der Waals surface area contributed by atoms with E-state index in [1.807, 2.05) is 0 Å². The SMILES string of the molecule is CNC(CC(N)=O)CC(=O)O. The van der Waals surface area contributed by atoms with Gasteiger partial charge >= 0.3 is 5.97 Å². The topological polar surface area (TPSA) is 92.4 Å². The number of aliphatic carboxylic acids is 1. The zero-order valence-corrected chi connectivity index (χ0v) is 6.33. The maximum Gasteiger partial charge on any atom is 0.304 e. The van der Waals surface area contributed by atoms with Crippen molar-refractivity contribution in [2.45, 2.75) is 18.9 Å². The molecule has 1 unspecified atom stereocenters. The molecule has 0 rings (SSSR count). The summed E-state index contributed by atoms with van der Waals surface area (Å²) in [7, 11) is 1.59. The molecule has 0 aromatic carbocycles. The van der Waals surface area contributed by atoms with Crippen LogP contribution in [-0.2, 0) is 9.59 Å². The smallest absolute Gasteiger partial charge is 0.304 e. The van der Waals surface area contributed by atoms with E-state index in [0.29, 0.717) is 0 Å². The Morgan fingerprint density at radius 2 is 2.09 bits per heavy atom. The van der Waals surface area contributed by atoms with Crippen LogP contribution in [0.5, 0.6) is 0 Å². The van der Waals surface area contributed by atoms with Gasteiger partial charge in [0, 0.05) is 12.5 Å². The third-order valence-corrected chi connectivity index (χ3v) is 1.28. The zero-order valence-electron chi connectivity index (χ0n) is 6.33. The number of carboxylic acid groups (broad SMARTS) is 1. The first-order chi connectivity index (χ1) is 5.06. The summed E-state index contributed by atoms with van der Waals surface area (Å²) < 4.78 is 0. The van der Waals surface area contributed by atoms with Crippen LogP contribution in [0, 0.1) is 0 Å². The average molecular weight is 160 g/mol. The lowest BCUT2D eigenvalue weighted by molar-refractivity contribution is -0.137. The Hall–Kier alpha value is -1.10. The fourth-order valence-corrected chi connectivity index (χ4v) is 0.730. The monoisotopic (exact) mass is 160 g/mol. The Kier molecular flexibility index (Phi) is 4.21. The highest BCUT2D eigenvalue weighted by atomic mass is 16.4. The molecule has 0 saturated heterocycles. The van der Waals surface area contributed by atoms with Gasteiger partial charge in [-0.15, -0.1) is 0 Å². The Labute approximate surface area is 64.6 Å². The summed E-state index contributed by atoms with van der Waals surface area (Å²) in [5.41, 5.74) is 4.87. The molecule has 0 heterocycles. The second-order valence-corrected chi connectivity index (χ2v) is 2.25. The lowest BCUT2D eigenvalue weighted by atomic mass is 10.1. The summed E-state index contributed by atoms with van der Waals surface area (Å²) in [6, 6.07) is -0.356. The standard InChI is InChI=1S/C6H12N2O3/c1-8-4(2-5(7)9)3-6(10)11/h4,8H,2-3H2,1H3,(H2,7,9)(H,10,11). The van der Waals surface area contributed by atoms with Crippen LogP contribution in [0.15, 0.2) is 0 Å². The van der Waals surface area contributed by atoms with E-state index >= 15 is 0 Å². The minimum absolute atomic E-state index is 0.0583. The van der Waals surface area contributed by atoms with Gasteiger partial charge < -0.3 is 16.2 Å². The highest BCUT2D eigenvalue weighted by Gasteiger charge is 2.12. The van der Waals surface area contributed by atoms with Crippen molar-refractivity contribution in [3.63, 3.8) is 0 Å². The Morgan fingerprint density at radius 3 is 2.36 bits per heavy atom. The van der Waals surface area contributed by atoms with E-state index in [2.05, 4.69) is 5.32 Å². The molecule has 1 atom stereocenters. The van der Waals surface area contributed by atoms with Gasteiger partial charge in [-0.05, 0) is 7.05 Å². The average Bonchev–Trinajstić information content (AvgIpc) is 1.84. The molecule has 64 valence electrons. The summed E-state index contributed by atoms with van der Waals surface area (Å²) in [6.07, 6.45) is -0.0256. The molecule has 0 aromatic heterocycles. The number of carboxylic acids is 1. The summed E-state index contributed by atoms with van der Waals surface area (Å²) in [4.78, 5) is 20.5. The number of carbonyl (C=O) groups is 2.